The summed E-state index contributed by atoms with van der Waals surface area (Å²) >= 11 is 0. The largest absolute Gasteiger partial charge is 0.378 e. The van der Waals surface area contributed by atoms with Crippen LogP contribution in [0.5, 0.6) is 0 Å². The molecule has 1 unspecified atom stereocenters. The molecule has 19 heavy (non-hydrogen) atoms. The van der Waals surface area contributed by atoms with Crippen LogP contribution >= 0.6 is 0 Å². The summed E-state index contributed by atoms with van der Waals surface area (Å²) in [5.41, 5.74) is 3.09. The fraction of sp³-hybridized carbons (Fsp3) is 0.647. The fourth-order valence-electron chi connectivity index (χ4n) is 4.08. The summed E-state index contributed by atoms with van der Waals surface area (Å²) in [5.74, 6) is 0.535. The average molecular weight is 259 g/mol. The number of hydrogen-bond donors (Lipinski definition) is 0. The number of methoxy groups -OCH3 is 1. The van der Waals surface area contributed by atoms with Crippen LogP contribution in [0.2, 0.25) is 0 Å². The van der Waals surface area contributed by atoms with E-state index in [-0.39, 0.29) is 5.60 Å². The van der Waals surface area contributed by atoms with E-state index in [4.69, 9.17) is 4.74 Å². The van der Waals surface area contributed by atoms with Crippen LogP contribution in [0.25, 0.3) is 0 Å². The van der Waals surface area contributed by atoms with Crippen molar-refractivity contribution in [1.82, 2.24) is 4.90 Å². The fourth-order valence-corrected chi connectivity index (χ4v) is 4.08. The van der Waals surface area contributed by atoms with E-state index in [2.05, 4.69) is 36.2 Å². The molecule has 0 aromatic heterocycles. The Morgan fingerprint density at radius 1 is 1.16 bits per heavy atom. The summed E-state index contributed by atoms with van der Waals surface area (Å²) in [5, 5.41) is 0. The lowest BCUT2D eigenvalue weighted by molar-refractivity contribution is -0.0692. The zero-order valence-corrected chi connectivity index (χ0v) is 12.2. The van der Waals surface area contributed by atoms with E-state index >= 15 is 0 Å². The van der Waals surface area contributed by atoms with Crippen molar-refractivity contribution < 1.29 is 4.74 Å². The first-order valence-corrected chi connectivity index (χ1v) is 7.57. The second-order valence-electron chi connectivity index (χ2n) is 6.28. The molecule has 1 heterocycles. The maximum absolute atomic E-state index is 6.10. The van der Waals surface area contributed by atoms with E-state index in [1.54, 1.807) is 0 Å². The molecule has 2 nitrogen and oxygen atoms in total. The number of ether oxygens (including phenoxy) is 1. The third kappa shape index (κ3) is 2.32. The smallest absolute Gasteiger partial charge is 0.0759 e. The molecular formula is C17H25NO. The van der Waals surface area contributed by atoms with Crippen molar-refractivity contribution in [3.05, 3.63) is 35.4 Å². The predicted octanol–water partition coefficient (Wildman–Crippen LogP) is 3.56. The molecule has 1 saturated carbocycles. The highest BCUT2D eigenvalue weighted by Gasteiger charge is 2.43. The number of likely N-dealkylation sites (N-methyl/N-ethyl adjacent to an activating group) is 1. The first-order chi connectivity index (χ1) is 9.25. The van der Waals surface area contributed by atoms with Crippen LogP contribution in [0, 0.1) is 0 Å². The Labute approximate surface area is 116 Å². The van der Waals surface area contributed by atoms with Gasteiger partial charge in [0.15, 0.2) is 0 Å². The minimum absolute atomic E-state index is 0.0725. The van der Waals surface area contributed by atoms with Gasteiger partial charge in [0.05, 0.1) is 5.60 Å². The van der Waals surface area contributed by atoms with Gasteiger partial charge in [-0.05, 0) is 31.0 Å². The Morgan fingerprint density at radius 3 is 2.63 bits per heavy atom. The summed E-state index contributed by atoms with van der Waals surface area (Å²) in [7, 11) is 4.15. The van der Waals surface area contributed by atoms with Crippen molar-refractivity contribution >= 4 is 0 Å². The average Bonchev–Trinajstić information content (AvgIpc) is 2.47. The summed E-state index contributed by atoms with van der Waals surface area (Å²) < 4.78 is 6.10. The zero-order valence-electron chi connectivity index (χ0n) is 12.2. The molecule has 0 bridgehead atoms. The molecule has 0 spiro atoms. The van der Waals surface area contributed by atoms with Crippen molar-refractivity contribution in [3.63, 3.8) is 0 Å². The van der Waals surface area contributed by atoms with Crippen molar-refractivity contribution in [2.75, 3.05) is 20.7 Å². The Hall–Kier alpha value is -0.860. The summed E-state index contributed by atoms with van der Waals surface area (Å²) in [6.07, 6.45) is 6.44. The van der Waals surface area contributed by atoms with E-state index in [1.807, 2.05) is 7.11 Å². The van der Waals surface area contributed by atoms with Gasteiger partial charge in [0.25, 0.3) is 0 Å². The Balaban J connectivity index is 1.99. The summed E-state index contributed by atoms with van der Waals surface area (Å²) in [6, 6.07) is 8.95. The third-order valence-corrected chi connectivity index (χ3v) is 5.11. The molecular weight excluding hydrogens is 234 g/mol. The van der Waals surface area contributed by atoms with Crippen molar-refractivity contribution in [3.8, 4) is 0 Å². The van der Waals surface area contributed by atoms with E-state index < -0.39 is 0 Å². The first kappa shape index (κ1) is 13.1. The molecule has 1 aromatic carbocycles. The molecule has 1 aliphatic heterocycles. The van der Waals surface area contributed by atoms with Gasteiger partial charge >= 0.3 is 0 Å². The number of fused-ring (bicyclic) bond motifs is 1. The quantitative estimate of drug-likeness (QED) is 0.805. The third-order valence-electron chi connectivity index (χ3n) is 5.11. The minimum atomic E-state index is 0.0725. The Kier molecular flexibility index (Phi) is 3.64. The number of hydrogen-bond acceptors (Lipinski definition) is 2. The highest BCUT2D eigenvalue weighted by molar-refractivity contribution is 5.35. The van der Waals surface area contributed by atoms with Gasteiger partial charge in [0.1, 0.15) is 0 Å². The highest BCUT2D eigenvalue weighted by atomic mass is 16.5. The van der Waals surface area contributed by atoms with Crippen molar-refractivity contribution in [2.24, 2.45) is 0 Å². The molecule has 0 saturated heterocycles. The Bertz CT molecular complexity index is 437. The maximum Gasteiger partial charge on any atom is 0.0759 e. The SMILES string of the molecule is COC1(C2CN(C)Cc3ccccc32)CCCCC1. The molecule has 0 N–H and O–H groups in total. The normalized spacial score (nSPS) is 26.9. The molecule has 0 amide bonds. The first-order valence-electron chi connectivity index (χ1n) is 7.57. The maximum atomic E-state index is 6.10. The molecule has 1 fully saturated rings. The van der Waals surface area contributed by atoms with Crippen LogP contribution in [0.1, 0.15) is 49.1 Å². The van der Waals surface area contributed by atoms with Crippen molar-refractivity contribution in [2.45, 2.75) is 50.2 Å². The van der Waals surface area contributed by atoms with E-state index in [1.165, 1.54) is 43.2 Å². The number of nitrogens with zero attached hydrogens (tertiary/aromatic N) is 1. The second kappa shape index (κ2) is 5.26. The molecule has 0 radical (unpaired) electrons. The van der Waals surface area contributed by atoms with Gasteiger partial charge in [-0.3, -0.25) is 0 Å². The zero-order chi connectivity index (χ0) is 13.3. The van der Waals surface area contributed by atoms with Crippen LogP contribution < -0.4 is 0 Å². The number of benzene rings is 1. The van der Waals surface area contributed by atoms with Gasteiger partial charge in [-0.15, -0.1) is 0 Å². The lowest BCUT2D eigenvalue weighted by Crippen LogP contribution is -2.47. The van der Waals surface area contributed by atoms with E-state index in [0.717, 1.165) is 13.1 Å². The lowest BCUT2D eigenvalue weighted by atomic mass is 9.70. The van der Waals surface area contributed by atoms with Crippen LogP contribution in [0.3, 0.4) is 0 Å². The Morgan fingerprint density at radius 2 is 1.89 bits per heavy atom. The van der Waals surface area contributed by atoms with Crippen LogP contribution in [0.15, 0.2) is 24.3 Å². The molecule has 2 heteroatoms. The molecule has 104 valence electrons. The second-order valence-corrected chi connectivity index (χ2v) is 6.28. The van der Waals surface area contributed by atoms with Crippen molar-refractivity contribution in [1.29, 1.82) is 0 Å². The highest BCUT2D eigenvalue weighted by Crippen LogP contribution is 2.45. The standard InChI is InChI=1S/C17H25NO/c1-18-12-14-8-4-5-9-15(14)16(13-18)17(19-2)10-6-3-7-11-17/h4-5,8-9,16H,3,6-7,10-13H2,1-2H3. The van der Waals surface area contributed by atoms with Gasteiger partial charge in [0, 0.05) is 26.1 Å². The number of rotatable bonds is 2. The topological polar surface area (TPSA) is 12.5 Å². The molecule has 2 aliphatic rings. The van der Waals surface area contributed by atoms with E-state index in [9.17, 15) is 0 Å². The van der Waals surface area contributed by atoms with Gasteiger partial charge < -0.3 is 9.64 Å². The van der Waals surface area contributed by atoms with Crippen LogP contribution in [-0.4, -0.2) is 31.2 Å². The van der Waals surface area contributed by atoms with Crippen LogP contribution in [-0.2, 0) is 11.3 Å². The van der Waals surface area contributed by atoms with E-state index in [0.29, 0.717) is 5.92 Å². The summed E-state index contributed by atoms with van der Waals surface area (Å²) in [6.45, 7) is 2.21. The molecule has 1 aromatic rings. The summed E-state index contributed by atoms with van der Waals surface area (Å²) in [4.78, 5) is 2.45. The minimum Gasteiger partial charge on any atom is -0.378 e. The van der Waals surface area contributed by atoms with Gasteiger partial charge in [-0.25, -0.2) is 0 Å². The molecule has 3 rings (SSSR count). The molecule has 1 aliphatic carbocycles. The van der Waals surface area contributed by atoms with Crippen LogP contribution in [0.4, 0.5) is 0 Å². The lowest BCUT2D eigenvalue weighted by Gasteiger charge is -2.46. The van der Waals surface area contributed by atoms with Gasteiger partial charge in [-0.2, -0.15) is 0 Å². The van der Waals surface area contributed by atoms with Gasteiger partial charge in [-0.1, -0.05) is 43.5 Å². The predicted molar refractivity (Wildman–Crippen MR) is 78.3 cm³/mol. The monoisotopic (exact) mass is 259 g/mol. The van der Waals surface area contributed by atoms with Gasteiger partial charge in [0.2, 0.25) is 0 Å². The molecule has 1 atom stereocenters.